The zero-order valence-electron chi connectivity index (χ0n) is 10.7. The van der Waals surface area contributed by atoms with Gasteiger partial charge in [0.2, 0.25) is 5.91 Å². The quantitative estimate of drug-likeness (QED) is 0.882. The van der Waals surface area contributed by atoms with Crippen molar-refractivity contribution < 1.29 is 4.79 Å². The van der Waals surface area contributed by atoms with Gasteiger partial charge in [0.1, 0.15) is 0 Å². The summed E-state index contributed by atoms with van der Waals surface area (Å²) in [5.41, 5.74) is 2.35. The Bertz CT molecular complexity index is 423. The smallest absolute Gasteiger partial charge is 0.226 e. The van der Waals surface area contributed by atoms with E-state index < -0.39 is 0 Å². The predicted molar refractivity (Wildman–Crippen MR) is 72.5 cm³/mol. The Labute approximate surface area is 108 Å². The van der Waals surface area contributed by atoms with Crippen molar-refractivity contribution in [3.05, 3.63) is 29.8 Å². The van der Waals surface area contributed by atoms with E-state index in [0.29, 0.717) is 6.42 Å². The third-order valence-corrected chi connectivity index (χ3v) is 3.74. The number of nitrogens with zero attached hydrogens (tertiary/aromatic N) is 1. The van der Waals surface area contributed by atoms with E-state index in [-0.39, 0.29) is 5.91 Å². The van der Waals surface area contributed by atoms with Crippen molar-refractivity contribution in [3.8, 4) is 0 Å². The standard InChI is InChI=1S/C15H20N2O/c18-15-3-1-2-10-17(15)14-8-4-12(5-9-14)11-16-13-6-7-13/h4-5,8-9,13,16H,1-3,6-7,10-11H2. The highest BCUT2D eigenvalue weighted by atomic mass is 16.2. The number of carbonyl (C=O) groups excluding carboxylic acids is 1. The van der Waals surface area contributed by atoms with Gasteiger partial charge in [0, 0.05) is 31.2 Å². The molecule has 1 heterocycles. The fourth-order valence-corrected chi connectivity index (χ4v) is 2.42. The van der Waals surface area contributed by atoms with E-state index in [2.05, 4.69) is 29.6 Å². The first-order valence-corrected chi connectivity index (χ1v) is 6.95. The highest BCUT2D eigenvalue weighted by Crippen LogP contribution is 2.22. The summed E-state index contributed by atoms with van der Waals surface area (Å²) in [6, 6.07) is 9.16. The Balaban J connectivity index is 1.63. The number of hydrogen-bond donors (Lipinski definition) is 1. The third-order valence-electron chi connectivity index (χ3n) is 3.74. The molecule has 0 radical (unpaired) electrons. The third kappa shape index (κ3) is 2.72. The summed E-state index contributed by atoms with van der Waals surface area (Å²) in [6.45, 7) is 1.82. The SMILES string of the molecule is O=C1CCCCN1c1ccc(CNC2CC2)cc1. The van der Waals surface area contributed by atoms with Crippen LogP contribution >= 0.6 is 0 Å². The van der Waals surface area contributed by atoms with Crippen LogP contribution in [0.15, 0.2) is 24.3 Å². The first-order valence-electron chi connectivity index (χ1n) is 6.95. The van der Waals surface area contributed by atoms with Crippen molar-refractivity contribution in [1.82, 2.24) is 5.32 Å². The molecule has 1 saturated heterocycles. The molecule has 0 bridgehead atoms. The van der Waals surface area contributed by atoms with Crippen molar-refractivity contribution in [2.45, 2.75) is 44.7 Å². The summed E-state index contributed by atoms with van der Waals surface area (Å²) in [6.07, 6.45) is 5.50. The Morgan fingerprint density at radius 2 is 1.94 bits per heavy atom. The molecule has 0 spiro atoms. The van der Waals surface area contributed by atoms with Gasteiger partial charge < -0.3 is 10.2 Å². The molecule has 0 unspecified atom stereocenters. The molecule has 18 heavy (non-hydrogen) atoms. The zero-order valence-corrected chi connectivity index (χ0v) is 10.7. The van der Waals surface area contributed by atoms with Gasteiger partial charge in [-0.3, -0.25) is 4.79 Å². The van der Waals surface area contributed by atoms with E-state index in [9.17, 15) is 4.79 Å². The van der Waals surface area contributed by atoms with Crippen molar-refractivity contribution in [1.29, 1.82) is 0 Å². The second-order valence-electron chi connectivity index (χ2n) is 5.32. The van der Waals surface area contributed by atoms with Gasteiger partial charge in [0.05, 0.1) is 0 Å². The van der Waals surface area contributed by atoms with Crippen molar-refractivity contribution in [2.75, 3.05) is 11.4 Å². The molecule has 1 saturated carbocycles. The lowest BCUT2D eigenvalue weighted by Gasteiger charge is -2.26. The van der Waals surface area contributed by atoms with Gasteiger partial charge in [-0.1, -0.05) is 12.1 Å². The van der Waals surface area contributed by atoms with Gasteiger partial charge in [-0.15, -0.1) is 0 Å². The molecule has 1 amide bonds. The molecule has 2 fully saturated rings. The zero-order chi connectivity index (χ0) is 12.4. The second kappa shape index (κ2) is 5.11. The molecule has 1 N–H and O–H groups in total. The summed E-state index contributed by atoms with van der Waals surface area (Å²) in [7, 11) is 0. The Morgan fingerprint density at radius 3 is 2.61 bits per heavy atom. The van der Waals surface area contributed by atoms with Crippen LogP contribution in [-0.4, -0.2) is 18.5 Å². The van der Waals surface area contributed by atoms with E-state index in [0.717, 1.165) is 37.7 Å². The molecule has 1 aliphatic heterocycles. The van der Waals surface area contributed by atoms with Gasteiger partial charge in [-0.25, -0.2) is 0 Å². The number of amides is 1. The van der Waals surface area contributed by atoms with Crippen LogP contribution < -0.4 is 10.2 Å². The van der Waals surface area contributed by atoms with E-state index >= 15 is 0 Å². The molecule has 3 heteroatoms. The van der Waals surface area contributed by atoms with Crippen molar-refractivity contribution >= 4 is 11.6 Å². The lowest BCUT2D eigenvalue weighted by atomic mass is 10.1. The largest absolute Gasteiger partial charge is 0.312 e. The Morgan fingerprint density at radius 1 is 1.17 bits per heavy atom. The monoisotopic (exact) mass is 244 g/mol. The number of piperidine rings is 1. The van der Waals surface area contributed by atoms with Crippen LogP contribution in [0.25, 0.3) is 0 Å². The normalized spacial score (nSPS) is 20.2. The van der Waals surface area contributed by atoms with Gasteiger partial charge in [0.15, 0.2) is 0 Å². The van der Waals surface area contributed by atoms with Crippen LogP contribution in [0.1, 0.15) is 37.7 Å². The van der Waals surface area contributed by atoms with Gasteiger partial charge in [0.25, 0.3) is 0 Å². The van der Waals surface area contributed by atoms with Gasteiger partial charge in [-0.05, 0) is 43.4 Å². The molecule has 3 nitrogen and oxygen atoms in total. The fraction of sp³-hybridized carbons (Fsp3) is 0.533. The Kier molecular flexibility index (Phi) is 3.33. The number of hydrogen-bond acceptors (Lipinski definition) is 2. The average Bonchev–Trinajstić information content (AvgIpc) is 3.22. The molecule has 0 aromatic heterocycles. The van der Waals surface area contributed by atoms with Crippen LogP contribution in [0, 0.1) is 0 Å². The molecule has 96 valence electrons. The minimum absolute atomic E-state index is 0.269. The number of carbonyl (C=O) groups is 1. The summed E-state index contributed by atoms with van der Waals surface area (Å²) >= 11 is 0. The molecule has 2 aliphatic rings. The van der Waals surface area contributed by atoms with E-state index in [1.807, 2.05) is 4.90 Å². The minimum Gasteiger partial charge on any atom is -0.312 e. The molecule has 3 rings (SSSR count). The number of nitrogens with one attached hydrogen (secondary N) is 1. The lowest BCUT2D eigenvalue weighted by molar-refractivity contribution is -0.119. The molecule has 1 aliphatic carbocycles. The highest BCUT2D eigenvalue weighted by Gasteiger charge is 2.21. The van der Waals surface area contributed by atoms with Crippen molar-refractivity contribution in [3.63, 3.8) is 0 Å². The van der Waals surface area contributed by atoms with Crippen LogP contribution in [0.5, 0.6) is 0 Å². The predicted octanol–water partition coefficient (Wildman–Crippen LogP) is 2.46. The Hall–Kier alpha value is -1.35. The maximum absolute atomic E-state index is 11.8. The van der Waals surface area contributed by atoms with Crippen LogP contribution in [-0.2, 0) is 11.3 Å². The van der Waals surface area contributed by atoms with Gasteiger partial charge >= 0.3 is 0 Å². The van der Waals surface area contributed by atoms with Gasteiger partial charge in [-0.2, -0.15) is 0 Å². The van der Waals surface area contributed by atoms with E-state index in [4.69, 9.17) is 0 Å². The summed E-state index contributed by atoms with van der Waals surface area (Å²) < 4.78 is 0. The number of anilines is 1. The second-order valence-corrected chi connectivity index (χ2v) is 5.32. The molecule has 0 atom stereocenters. The molecule has 1 aromatic rings. The topological polar surface area (TPSA) is 32.3 Å². The average molecular weight is 244 g/mol. The van der Waals surface area contributed by atoms with Crippen molar-refractivity contribution in [2.24, 2.45) is 0 Å². The van der Waals surface area contributed by atoms with E-state index in [1.165, 1.54) is 18.4 Å². The summed E-state index contributed by atoms with van der Waals surface area (Å²) in [5.74, 6) is 0.269. The number of benzene rings is 1. The fourth-order valence-electron chi connectivity index (χ4n) is 2.42. The molecule has 1 aromatic carbocycles. The first kappa shape index (κ1) is 11.7. The van der Waals surface area contributed by atoms with Crippen LogP contribution in [0.2, 0.25) is 0 Å². The minimum atomic E-state index is 0.269. The maximum atomic E-state index is 11.8. The number of rotatable bonds is 4. The highest BCUT2D eigenvalue weighted by molar-refractivity contribution is 5.93. The lowest BCUT2D eigenvalue weighted by Crippen LogP contribution is -2.35. The maximum Gasteiger partial charge on any atom is 0.226 e. The molecular weight excluding hydrogens is 224 g/mol. The van der Waals surface area contributed by atoms with E-state index in [1.54, 1.807) is 0 Å². The summed E-state index contributed by atoms with van der Waals surface area (Å²) in [4.78, 5) is 13.7. The summed E-state index contributed by atoms with van der Waals surface area (Å²) in [5, 5.41) is 3.50. The first-order chi connectivity index (χ1) is 8.83. The van der Waals surface area contributed by atoms with Crippen LogP contribution in [0.3, 0.4) is 0 Å². The van der Waals surface area contributed by atoms with Crippen LogP contribution in [0.4, 0.5) is 5.69 Å². The molecular formula is C15H20N2O.